The number of hydrogen-bond donors (Lipinski definition) is 3. The third-order valence-electron chi connectivity index (χ3n) is 2.63. The van der Waals surface area contributed by atoms with Gasteiger partial charge < -0.3 is 16.0 Å². The second-order valence-corrected chi connectivity index (χ2v) is 4.92. The zero-order valence-corrected chi connectivity index (χ0v) is 15.4. The normalized spacial score (nSPS) is 10.8. The summed E-state index contributed by atoms with van der Waals surface area (Å²) in [5, 5.41) is 9.20. The van der Waals surface area contributed by atoms with Crippen molar-refractivity contribution in [2.24, 2.45) is 4.99 Å². The van der Waals surface area contributed by atoms with E-state index < -0.39 is 0 Å². The highest BCUT2D eigenvalue weighted by Crippen LogP contribution is 2.03. The van der Waals surface area contributed by atoms with Crippen LogP contribution in [-0.4, -0.2) is 38.0 Å². The lowest BCUT2D eigenvalue weighted by atomic mass is 10.1. The van der Waals surface area contributed by atoms with Gasteiger partial charge in [0.2, 0.25) is 0 Å². The second-order valence-electron chi connectivity index (χ2n) is 4.92. The molecule has 118 valence electrons. The lowest BCUT2D eigenvalue weighted by Crippen LogP contribution is -2.44. The van der Waals surface area contributed by atoms with Crippen molar-refractivity contribution in [1.82, 2.24) is 16.0 Å². The van der Waals surface area contributed by atoms with Crippen molar-refractivity contribution >= 4 is 35.8 Å². The fraction of sp³-hybridized carbons (Fsp3) is 0.467. The Hall–Kier alpha value is -1.31. The summed E-state index contributed by atoms with van der Waals surface area (Å²) in [5.74, 6) is 0.687. The van der Waals surface area contributed by atoms with Gasteiger partial charge in [0.05, 0.1) is 0 Å². The summed E-state index contributed by atoms with van der Waals surface area (Å²) in [6.07, 6.45) is 0. The minimum Gasteiger partial charge on any atom is -0.355 e. The lowest BCUT2D eigenvalue weighted by molar-refractivity contribution is 0.0954. The van der Waals surface area contributed by atoms with Crippen LogP contribution in [0.2, 0.25) is 0 Å². The molecule has 0 aliphatic rings. The zero-order chi connectivity index (χ0) is 15.0. The number of rotatable bonds is 5. The van der Waals surface area contributed by atoms with Crippen molar-refractivity contribution in [2.45, 2.75) is 26.8 Å². The molecule has 21 heavy (non-hydrogen) atoms. The number of nitrogens with one attached hydrogen (secondary N) is 3. The summed E-state index contributed by atoms with van der Waals surface area (Å²) in [4.78, 5) is 16.0. The molecule has 1 aromatic rings. The molecule has 1 amide bonds. The average Bonchev–Trinajstić information content (AvgIpc) is 2.41. The van der Waals surface area contributed by atoms with Crippen molar-refractivity contribution in [3.8, 4) is 0 Å². The molecule has 0 heterocycles. The van der Waals surface area contributed by atoms with Gasteiger partial charge in [-0.15, -0.1) is 24.0 Å². The molecule has 0 bridgehead atoms. The molecular weight excluding hydrogens is 379 g/mol. The number of guanidine groups is 1. The molecule has 0 atom stereocenters. The van der Waals surface area contributed by atoms with E-state index in [0.29, 0.717) is 24.7 Å². The maximum atomic E-state index is 11.9. The van der Waals surface area contributed by atoms with E-state index in [-0.39, 0.29) is 29.9 Å². The number of benzene rings is 1. The maximum Gasteiger partial charge on any atom is 0.251 e. The van der Waals surface area contributed by atoms with Gasteiger partial charge in [0.15, 0.2) is 5.96 Å². The number of nitrogens with zero attached hydrogens (tertiary/aromatic N) is 1. The van der Waals surface area contributed by atoms with E-state index in [1.165, 1.54) is 0 Å². The molecule has 0 aliphatic heterocycles. The number of halogens is 1. The smallest absolute Gasteiger partial charge is 0.251 e. The van der Waals surface area contributed by atoms with Crippen LogP contribution in [-0.2, 0) is 0 Å². The Labute approximate surface area is 144 Å². The highest BCUT2D eigenvalue weighted by molar-refractivity contribution is 14.0. The molecule has 0 saturated heterocycles. The Kier molecular flexibility index (Phi) is 9.77. The van der Waals surface area contributed by atoms with E-state index >= 15 is 0 Å². The molecular formula is C15H25IN4O. The van der Waals surface area contributed by atoms with Crippen LogP contribution in [0.4, 0.5) is 0 Å². The van der Waals surface area contributed by atoms with Gasteiger partial charge in [0.1, 0.15) is 0 Å². The summed E-state index contributed by atoms with van der Waals surface area (Å²) in [6.45, 7) is 7.24. The molecule has 6 heteroatoms. The largest absolute Gasteiger partial charge is 0.355 e. The highest BCUT2D eigenvalue weighted by atomic mass is 127. The number of carbonyl (C=O) groups is 1. The number of aryl methyl sites for hydroxylation is 1. The van der Waals surface area contributed by atoms with Gasteiger partial charge in [0, 0.05) is 31.7 Å². The summed E-state index contributed by atoms with van der Waals surface area (Å²) < 4.78 is 0. The van der Waals surface area contributed by atoms with E-state index in [2.05, 4.69) is 20.9 Å². The first-order valence-electron chi connectivity index (χ1n) is 6.85. The Morgan fingerprint density at radius 1 is 1.24 bits per heavy atom. The molecule has 5 nitrogen and oxygen atoms in total. The average molecular weight is 404 g/mol. The van der Waals surface area contributed by atoms with E-state index in [4.69, 9.17) is 0 Å². The molecule has 0 aliphatic carbocycles. The van der Waals surface area contributed by atoms with Crippen LogP contribution in [0.3, 0.4) is 0 Å². The molecule has 0 radical (unpaired) electrons. The SMILES string of the molecule is CN=C(NCCNC(=O)c1cccc(C)c1)NC(C)C.I. The molecule has 0 saturated carbocycles. The van der Waals surface area contributed by atoms with Crippen LogP contribution in [0.5, 0.6) is 0 Å². The fourth-order valence-electron chi connectivity index (χ4n) is 1.71. The highest BCUT2D eigenvalue weighted by Gasteiger charge is 2.04. The second kappa shape index (κ2) is 10.4. The summed E-state index contributed by atoms with van der Waals surface area (Å²) in [7, 11) is 1.73. The number of hydrogen-bond acceptors (Lipinski definition) is 2. The summed E-state index contributed by atoms with van der Waals surface area (Å²) in [6, 6.07) is 7.87. The minimum atomic E-state index is -0.0534. The summed E-state index contributed by atoms with van der Waals surface area (Å²) >= 11 is 0. The van der Waals surface area contributed by atoms with Crippen LogP contribution in [0.25, 0.3) is 0 Å². The third-order valence-corrected chi connectivity index (χ3v) is 2.63. The van der Waals surface area contributed by atoms with Gasteiger partial charge in [-0.25, -0.2) is 0 Å². The molecule has 0 aromatic heterocycles. The van der Waals surface area contributed by atoms with Gasteiger partial charge >= 0.3 is 0 Å². The van der Waals surface area contributed by atoms with Crippen molar-refractivity contribution in [2.75, 3.05) is 20.1 Å². The van der Waals surface area contributed by atoms with Crippen LogP contribution in [0, 0.1) is 6.92 Å². The molecule has 1 aromatic carbocycles. The van der Waals surface area contributed by atoms with Crippen molar-refractivity contribution in [3.05, 3.63) is 35.4 Å². The Morgan fingerprint density at radius 2 is 1.90 bits per heavy atom. The zero-order valence-electron chi connectivity index (χ0n) is 13.1. The van der Waals surface area contributed by atoms with Crippen molar-refractivity contribution in [1.29, 1.82) is 0 Å². The number of carbonyl (C=O) groups excluding carboxylic acids is 1. The summed E-state index contributed by atoms with van der Waals surface area (Å²) in [5.41, 5.74) is 1.77. The van der Waals surface area contributed by atoms with Gasteiger partial charge in [-0.1, -0.05) is 17.7 Å². The molecule has 0 fully saturated rings. The molecule has 0 unspecified atom stereocenters. The first-order chi connectivity index (χ1) is 9.52. The molecule has 1 rings (SSSR count). The van der Waals surface area contributed by atoms with Crippen molar-refractivity contribution in [3.63, 3.8) is 0 Å². The van der Waals surface area contributed by atoms with Gasteiger partial charge in [-0.3, -0.25) is 9.79 Å². The van der Waals surface area contributed by atoms with Gasteiger partial charge in [0.25, 0.3) is 5.91 Å². The first-order valence-corrected chi connectivity index (χ1v) is 6.85. The quantitative estimate of drug-likeness (QED) is 0.304. The minimum absolute atomic E-state index is 0. The van der Waals surface area contributed by atoms with E-state index in [0.717, 1.165) is 11.5 Å². The first kappa shape index (κ1) is 19.7. The fourth-order valence-corrected chi connectivity index (χ4v) is 1.71. The van der Waals surface area contributed by atoms with Gasteiger partial charge in [-0.05, 0) is 32.9 Å². The topological polar surface area (TPSA) is 65.5 Å². The predicted octanol–water partition coefficient (Wildman–Crippen LogP) is 1.92. The van der Waals surface area contributed by atoms with E-state index in [9.17, 15) is 4.79 Å². The maximum absolute atomic E-state index is 11.9. The predicted molar refractivity (Wildman–Crippen MR) is 98.6 cm³/mol. The standard InChI is InChI=1S/C15H24N4O.HI/c1-11(2)19-15(16-4)18-9-8-17-14(20)13-7-5-6-12(3)10-13;/h5-7,10-11H,8-9H2,1-4H3,(H,17,20)(H2,16,18,19);1H. The van der Waals surface area contributed by atoms with Crippen molar-refractivity contribution < 1.29 is 4.79 Å². The Bertz CT molecular complexity index is 474. The Balaban J connectivity index is 0.00000400. The van der Waals surface area contributed by atoms with Crippen LogP contribution < -0.4 is 16.0 Å². The van der Waals surface area contributed by atoms with E-state index in [1.807, 2.05) is 45.0 Å². The van der Waals surface area contributed by atoms with Crippen LogP contribution >= 0.6 is 24.0 Å². The molecule has 3 N–H and O–H groups in total. The Morgan fingerprint density at radius 3 is 2.48 bits per heavy atom. The number of aliphatic imine (C=N–C) groups is 1. The van der Waals surface area contributed by atoms with E-state index in [1.54, 1.807) is 7.05 Å². The monoisotopic (exact) mass is 404 g/mol. The lowest BCUT2D eigenvalue weighted by Gasteiger charge is -2.14. The number of amides is 1. The van der Waals surface area contributed by atoms with Gasteiger partial charge in [-0.2, -0.15) is 0 Å². The van der Waals surface area contributed by atoms with Crippen LogP contribution in [0.1, 0.15) is 29.8 Å². The third kappa shape index (κ3) is 7.89. The molecule has 0 spiro atoms. The van der Waals surface area contributed by atoms with Crippen LogP contribution in [0.15, 0.2) is 29.3 Å².